The fourth-order valence-corrected chi connectivity index (χ4v) is 3.97. The summed E-state index contributed by atoms with van der Waals surface area (Å²) < 4.78 is 38.7. The van der Waals surface area contributed by atoms with Crippen molar-refractivity contribution in [3.63, 3.8) is 0 Å². The Balaban J connectivity index is 1.93. The van der Waals surface area contributed by atoms with E-state index in [0.29, 0.717) is 17.7 Å². The number of hydrogen-bond donors (Lipinski definition) is 1. The number of ether oxygens (including phenoxy) is 2. The number of carbonyl (C=O) groups is 2. The first kappa shape index (κ1) is 18.7. The number of anilines is 1. The predicted octanol–water partition coefficient (Wildman–Crippen LogP) is 4.43. The number of alkyl carbamates (subject to hydrolysis) is 1. The maximum Gasteiger partial charge on any atom is 0.407 e. The Morgan fingerprint density at radius 1 is 1.29 bits per heavy atom. The third-order valence-corrected chi connectivity index (χ3v) is 5.47. The molecule has 1 fully saturated rings. The van der Waals surface area contributed by atoms with Crippen molar-refractivity contribution < 1.29 is 27.8 Å². The minimum atomic E-state index is -0.672. The third kappa shape index (κ3) is 3.09. The Kier molecular flexibility index (Phi) is 4.70. The van der Waals surface area contributed by atoms with Gasteiger partial charge in [0.05, 0.1) is 29.4 Å². The number of hydrogen-bond acceptors (Lipinski definition) is 4. The molecule has 9 heteroatoms. The summed E-state index contributed by atoms with van der Waals surface area (Å²) in [6.07, 6.45) is -0.117. The van der Waals surface area contributed by atoms with E-state index in [2.05, 4.69) is 21.2 Å². The number of nitrogens with one attached hydrogen (secondary N) is 1. The number of nitrogens with zero attached hydrogens (tertiary/aromatic N) is 1. The molecule has 0 spiro atoms. The normalized spacial score (nSPS) is 20.3. The largest absolute Gasteiger partial charge is 0.455 e. The maximum atomic E-state index is 14.1. The molecule has 2 amide bonds. The van der Waals surface area contributed by atoms with E-state index in [-0.39, 0.29) is 28.3 Å². The van der Waals surface area contributed by atoms with E-state index in [0.717, 1.165) is 6.07 Å². The van der Waals surface area contributed by atoms with Crippen LogP contribution in [0.5, 0.6) is 11.5 Å². The van der Waals surface area contributed by atoms with Crippen molar-refractivity contribution in [2.24, 2.45) is 0 Å². The molecule has 0 saturated carbocycles. The zero-order valence-corrected chi connectivity index (χ0v) is 16.3. The second-order valence-corrected chi connectivity index (χ2v) is 7.36. The van der Waals surface area contributed by atoms with Gasteiger partial charge in [-0.25, -0.2) is 13.6 Å². The molecule has 28 heavy (non-hydrogen) atoms. The van der Waals surface area contributed by atoms with Crippen molar-refractivity contribution in [1.29, 1.82) is 0 Å². The Bertz CT molecular complexity index is 985. The molecule has 2 aromatic rings. The molecule has 1 N–H and O–H groups in total. The van der Waals surface area contributed by atoms with Crippen molar-refractivity contribution in [2.75, 3.05) is 12.0 Å². The molecule has 2 aliphatic heterocycles. The van der Waals surface area contributed by atoms with Gasteiger partial charge in [-0.2, -0.15) is 0 Å². The average Bonchev–Trinajstić information content (AvgIpc) is 2.79. The molecule has 0 aromatic heterocycles. The fourth-order valence-electron chi connectivity index (χ4n) is 3.64. The SMILES string of the molecule is COC(=O)N[C@@H]1CCC(=O)N2c3cc(Br)c(F)cc3Oc3cc(F)ccc3[C@@H]12. The van der Waals surface area contributed by atoms with E-state index in [9.17, 15) is 18.4 Å². The molecule has 2 aromatic carbocycles. The Morgan fingerprint density at radius 3 is 2.82 bits per heavy atom. The van der Waals surface area contributed by atoms with Crippen LogP contribution in [0.25, 0.3) is 0 Å². The number of methoxy groups -OCH3 is 1. The van der Waals surface area contributed by atoms with Crippen LogP contribution in [0.1, 0.15) is 24.4 Å². The number of amides is 2. The molecule has 2 atom stereocenters. The van der Waals surface area contributed by atoms with E-state index in [1.807, 2.05) is 0 Å². The zero-order valence-electron chi connectivity index (χ0n) is 14.7. The predicted molar refractivity (Wildman–Crippen MR) is 99.4 cm³/mol. The lowest BCUT2D eigenvalue weighted by Gasteiger charge is -2.40. The second kappa shape index (κ2) is 7.05. The molecule has 0 radical (unpaired) electrons. The van der Waals surface area contributed by atoms with E-state index in [1.54, 1.807) is 0 Å². The first-order valence-corrected chi connectivity index (χ1v) is 9.31. The van der Waals surface area contributed by atoms with Crippen LogP contribution in [-0.2, 0) is 9.53 Å². The van der Waals surface area contributed by atoms with E-state index < -0.39 is 29.8 Å². The summed E-state index contributed by atoms with van der Waals surface area (Å²) >= 11 is 3.13. The average molecular weight is 453 g/mol. The first-order chi connectivity index (χ1) is 13.4. The monoisotopic (exact) mass is 452 g/mol. The third-order valence-electron chi connectivity index (χ3n) is 4.86. The number of benzene rings is 2. The van der Waals surface area contributed by atoms with Gasteiger partial charge in [-0.15, -0.1) is 0 Å². The minimum Gasteiger partial charge on any atom is -0.455 e. The highest BCUT2D eigenvalue weighted by Crippen LogP contribution is 2.49. The molecule has 1 saturated heterocycles. The van der Waals surface area contributed by atoms with E-state index >= 15 is 0 Å². The molecule has 2 aliphatic rings. The summed E-state index contributed by atoms with van der Waals surface area (Å²) in [5.41, 5.74) is 0.833. The van der Waals surface area contributed by atoms with Gasteiger partial charge in [0.1, 0.15) is 17.4 Å². The quantitative estimate of drug-likeness (QED) is 0.694. The van der Waals surface area contributed by atoms with Crippen LogP contribution in [0, 0.1) is 11.6 Å². The van der Waals surface area contributed by atoms with Crippen LogP contribution < -0.4 is 15.0 Å². The number of piperidine rings is 1. The smallest absolute Gasteiger partial charge is 0.407 e. The number of halogens is 3. The highest BCUT2D eigenvalue weighted by Gasteiger charge is 2.43. The van der Waals surface area contributed by atoms with E-state index in [4.69, 9.17) is 9.47 Å². The number of carbonyl (C=O) groups excluding carboxylic acids is 2. The van der Waals surface area contributed by atoms with Gasteiger partial charge in [0.15, 0.2) is 5.75 Å². The van der Waals surface area contributed by atoms with Gasteiger partial charge >= 0.3 is 6.09 Å². The molecule has 0 aliphatic carbocycles. The topological polar surface area (TPSA) is 67.9 Å². The van der Waals surface area contributed by atoms with Crippen LogP contribution in [0.15, 0.2) is 34.8 Å². The summed E-state index contributed by atoms with van der Waals surface area (Å²) in [5, 5.41) is 2.74. The van der Waals surface area contributed by atoms with Crippen molar-refractivity contribution in [1.82, 2.24) is 5.32 Å². The van der Waals surface area contributed by atoms with Crippen molar-refractivity contribution >= 4 is 33.6 Å². The molecule has 4 rings (SSSR count). The van der Waals surface area contributed by atoms with Crippen LogP contribution in [0.4, 0.5) is 19.3 Å². The number of fused-ring (bicyclic) bond motifs is 5. The summed E-state index contributed by atoms with van der Waals surface area (Å²) in [6, 6.07) is 5.34. The van der Waals surface area contributed by atoms with Crippen molar-refractivity contribution in [3.8, 4) is 11.5 Å². The van der Waals surface area contributed by atoms with Crippen LogP contribution in [0.2, 0.25) is 0 Å². The van der Waals surface area contributed by atoms with Gasteiger partial charge in [0, 0.05) is 24.1 Å². The van der Waals surface area contributed by atoms with Gasteiger partial charge in [-0.1, -0.05) is 6.07 Å². The molecule has 146 valence electrons. The van der Waals surface area contributed by atoms with Gasteiger partial charge in [-0.3, -0.25) is 9.69 Å². The lowest BCUT2D eigenvalue weighted by Crippen LogP contribution is -2.52. The molecular weight excluding hydrogens is 438 g/mol. The van der Waals surface area contributed by atoms with E-state index in [1.165, 1.54) is 36.3 Å². The highest BCUT2D eigenvalue weighted by atomic mass is 79.9. The maximum absolute atomic E-state index is 14.1. The van der Waals surface area contributed by atoms with Crippen LogP contribution in [0.3, 0.4) is 0 Å². The summed E-state index contributed by atoms with van der Waals surface area (Å²) in [4.78, 5) is 26.2. The lowest BCUT2D eigenvalue weighted by atomic mass is 9.89. The van der Waals surface area contributed by atoms with Gasteiger partial charge in [-0.05, 0) is 34.5 Å². The lowest BCUT2D eigenvalue weighted by molar-refractivity contribution is -0.120. The highest BCUT2D eigenvalue weighted by molar-refractivity contribution is 9.10. The summed E-state index contributed by atoms with van der Waals surface area (Å²) in [7, 11) is 1.25. The number of rotatable bonds is 1. The van der Waals surface area contributed by atoms with Crippen LogP contribution in [-0.4, -0.2) is 25.2 Å². The summed E-state index contributed by atoms with van der Waals surface area (Å²) in [5.74, 6) is -1.09. The minimum absolute atomic E-state index is 0.0853. The van der Waals surface area contributed by atoms with Gasteiger partial charge in [0.2, 0.25) is 5.91 Å². The second-order valence-electron chi connectivity index (χ2n) is 6.51. The fraction of sp³-hybridized carbons (Fsp3) is 0.263. The standard InChI is InChI=1S/C19H15BrF2N2O4/c1-27-19(26)23-13-4-5-17(25)24-14-7-11(20)12(22)8-16(14)28-15-6-9(21)2-3-10(15)18(13)24/h2-3,6-8,13,18H,4-5H2,1H3,(H,23,26)/t13-,18+/m1/s1. The Labute approximate surface area is 167 Å². The Hall–Kier alpha value is -2.68. The van der Waals surface area contributed by atoms with Gasteiger partial charge < -0.3 is 14.8 Å². The molecular formula is C19H15BrF2N2O4. The molecule has 0 bridgehead atoms. The first-order valence-electron chi connectivity index (χ1n) is 8.52. The molecule has 0 unspecified atom stereocenters. The Morgan fingerprint density at radius 2 is 2.07 bits per heavy atom. The van der Waals surface area contributed by atoms with Crippen molar-refractivity contribution in [3.05, 3.63) is 52.0 Å². The van der Waals surface area contributed by atoms with Gasteiger partial charge in [0.25, 0.3) is 0 Å². The molecule has 6 nitrogen and oxygen atoms in total. The van der Waals surface area contributed by atoms with Crippen LogP contribution >= 0.6 is 15.9 Å². The van der Waals surface area contributed by atoms with Crippen molar-refractivity contribution in [2.45, 2.75) is 24.9 Å². The molecule has 2 heterocycles. The summed E-state index contributed by atoms with van der Waals surface area (Å²) in [6.45, 7) is 0. The zero-order chi connectivity index (χ0) is 20.0.